The fraction of sp³-hybridized carbons (Fsp3) is 0. The molecule has 6 heavy (non-hydrogen) atoms. The minimum Gasteiger partial charge on any atom is -0.474 e. The van der Waals surface area contributed by atoms with Gasteiger partial charge in [0.1, 0.15) is 0 Å². The molecule has 0 saturated carbocycles. The molecule has 0 radical (unpaired) electrons. The van der Waals surface area contributed by atoms with Crippen molar-refractivity contribution in [3.63, 3.8) is 0 Å². The van der Waals surface area contributed by atoms with Crippen LogP contribution in [0.2, 0.25) is 0 Å². The Balaban J connectivity index is 0. The number of rotatable bonds is 2. The van der Waals surface area contributed by atoms with E-state index in [9.17, 15) is 0 Å². The Hall–Kier alpha value is -0.430. The zero-order valence-corrected chi connectivity index (χ0v) is 4.20. The van der Waals surface area contributed by atoms with Crippen molar-refractivity contribution in [2.24, 2.45) is 0 Å². The molecule has 0 aromatic carbocycles. The van der Waals surface area contributed by atoms with Gasteiger partial charge in [-0.3, -0.25) is 0 Å². The summed E-state index contributed by atoms with van der Waals surface area (Å²) >= 11 is 0. The van der Waals surface area contributed by atoms with E-state index in [0.717, 1.165) is 0 Å². The summed E-state index contributed by atoms with van der Waals surface area (Å²) < 4.78 is 4.36. The van der Waals surface area contributed by atoms with Gasteiger partial charge in [0.2, 0.25) is 0 Å². The lowest BCUT2D eigenvalue weighted by Gasteiger charge is -1.76. The molecule has 0 heterocycles. The summed E-state index contributed by atoms with van der Waals surface area (Å²) in [6.07, 6.45) is 2.62. The first kappa shape index (κ1) is 9.13. The lowest BCUT2D eigenvalue weighted by molar-refractivity contribution is 0.406. The van der Waals surface area contributed by atoms with E-state index in [1.807, 2.05) is 0 Å². The number of hydrogen-bond acceptors (Lipinski definition) is 1. The highest BCUT2D eigenvalue weighted by Gasteiger charge is 1.45. The molecular formula is C4H7ClO. The fourth-order valence-electron chi connectivity index (χ4n) is 0.0680. The van der Waals surface area contributed by atoms with Crippen LogP contribution < -0.4 is 0 Å². The third-order valence-corrected chi connectivity index (χ3v) is 0.192. The van der Waals surface area contributed by atoms with E-state index in [1.54, 1.807) is 0 Å². The van der Waals surface area contributed by atoms with Crippen LogP contribution in [0.1, 0.15) is 0 Å². The summed E-state index contributed by atoms with van der Waals surface area (Å²) in [6.45, 7) is 6.51. The van der Waals surface area contributed by atoms with Gasteiger partial charge in [0, 0.05) is 0 Å². The molecule has 0 aliphatic heterocycles. The van der Waals surface area contributed by atoms with E-state index in [0.29, 0.717) is 0 Å². The van der Waals surface area contributed by atoms with Crippen LogP contribution in [0.4, 0.5) is 0 Å². The molecule has 0 aromatic rings. The predicted molar refractivity (Wildman–Crippen MR) is 28.7 cm³/mol. The lowest BCUT2D eigenvalue weighted by Crippen LogP contribution is -1.52. The Labute approximate surface area is 43.7 Å². The zero-order chi connectivity index (χ0) is 4.12. The van der Waals surface area contributed by atoms with Crippen molar-refractivity contribution in [2.45, 2.75) is 0 Å². The van der Waals surface area contributed by atoms with E-state index < -0.39 is 0 Å². The van der Waals surface area contributed by atoms with Gasteiger partial charge in [-0.05, 0) is 0 Å². The van der Waals surface area contributed by atoms with Gasteiger partial charge in [-0.25, -0.2) is 0 Å². The van der Waals surface area contributed by atoms with E-state index in [2.05, 4.69) is 17.9 Å². The molecule has 0 spiro atoms. The average Bonchev–Trinajstić information content (AvgIpc) is 1.41. The van der Waals surface area contributed by atoms with Gasteiger partial charge in [-0.15, -0.1) is 12.4 Å². The maximum atomic E-state index is 4.36. The summed E-state index contributed by atoms with van der Waals surface area (Å²) in [5, 5.41) is 0. The summed E-state index contributed by atoms with van der Waals surface area (Å²) in [4.78, 5) is 0. The minimum atomic E-state index is 0. The highest BCUT2D eigenvalue weighted by Crippen LogP contribution is 1.65. The quantitative estimate of drug-likeness (QED) is 0.487. The van der Waals surface area contributed by atoms with Gasteiger partial charge in [0.15, 0.2) is 0 Å². The van der Waals surface area contributed by atoms with Crippen LogP contribution in [0.25, 0.3) is 0 Å². The Morgan fingerprint density at radius 3 is 1.50 bits per heavy atom. The Morgan fingerprint density at radius 1 is 1.17 bits per heavy atom. The van der Waals surface area contributed by atoms with Crippen molar-refractivity contribution < 1.29 is 4.74 Å². The van der Waals surface area contributed by atoms with E-state index >= 15 is 0 Å². The third-order valence-electron chi connectivity index (χ3n) is 0.192. The van der Waals surface area contributed by atoms with Gasteiger partial charge in [0.05, 0.1) is 12.5 Å². The summed E-state index contributed by atoms with van der Waals surface area (Å²) in [7, 11) is 0. The number of hydrogen-bond donors (Lipinski definition) is 0. The molecule has 0 amide bonds. The second-order valence-corrected chi connectivity index (χ2v) is 0.469. The van der Waals surface area contributed by atoms with Crippen molar-refractivity contribution in [3.05, 3.63) is 25.7 Å². The maximum Gasteiger partial charge on any atom is 0.0829 e. The third kappa shape index (κ3) is 9.57. The molecule has 0 unspecified atom stereocenters. The molecule has 0 N–H and O–H groups in total. The molecule has 0 bridgehead atoms. The molecule has 0 aliphatic carbocycles. The SMILES string of the molecule is C=COC=C.Cl. The average molecular weight is 107 g/mol. The molecule has 1 nitrogen and oxygen atoms in total. The van der Waals surface area contributed by atoms with E-state index in [-0.39, 0.29) is 12.4 Å². The van der Waals surface area contributed by atoms with Crippen LogP contribution in [-0.2, 0) is 4.74 Å². The standard InChI is InChI=1S/C4H6O.ClH/c1-3-5-4-2;/h3-4H,1-2H2;1H. The first-order valence-electron chi connectivity index (χ1n) is 1.29. The van der Waals surface area contributed by atoms with Crippen molar-refractivity contribution in [1.29, 1.82) is 0 Å². The van der Waals surface area contributed by atoms with Crippen molar-refractivity contribution in [2.75, 3.05) is 0 Å². The first-order chi connectivity index (χ1) is 2.41. The Kier molecular flexibility index (Phi) is 13.4. The lowest BCUT2D eigenvalue weighted by atomic mass is 11.1. The molecule has 0 saturated heterocycles. The summed E-state index contributed by atoms with van der Waals surface area (Å²) in [5.41, 5.74) is 0. The van der Waals surface area contributed by atoms with E-state index in [4.69, 9.17) is 0 Å². The zero-order valence-electron chi connectivity index (χ0n) is 3.39. The Morgan fingerprint density at radius 2 is 1.50 bits per heavy atom. The highest BCUT2D eigenvalue weighted by atomic mass is 35.5. The van der Waals surface area contributed by atoms with Crippen LogP contribution in [0, 0.1) is 0 Å². The van der Waals surface area contributed by atoms with Crippen molar-refractivity contribution in [3.8, 4) is 0 Å². The smallest absolute Gasteiger partial charge is 0.0829 e. The predicted octanol–water partition coefficient (Wildman–Crippen LogP) is 1.71. The molecule has 0 fully saturated rings. The van der Waals surface area contributed by atoms with Gasteiger partial charge < -0.3 is 4.74 Å². The van der Waals surface area contributed by atoms with Gasteiger partial charge >= 0.3 is 0 Å². The van der Waals surface area contributed by atoms with Crippen LogP contribution in [0.5, 0.6) is 0 Å². The largest absolute Gasteiger partial charge is 0.474 e. The van der Waals surface area contributed by atoms with E-state index in [1.165, 1.54) is 12.5 Å². The first-order valence-corrected chi connectivity index (χ1v) is 1.29. The molecule has 0 aromatic heterocycles. The van der Waals surface area contributed by atoms with Gasteiger partial charge in [-0.1, -0.05) is 13.2 Å². The number of halogens is 1. The molecule has 0 atom stereocenters. The van der Waals surface area contributed by atoms with Crippen molar-refractivity contribution in [1.82, 2.24) is 0 Å². The molecule has 2 heteroatoms. The number of ether oxygens (including phenoxy) is 1. The summed E-state index contributed by atoms with van der Waals surface area (Å²) in [6, 6.07) is 0. The second-order valence-electron chi connectivity index (χ2n) is 0.469. The minimum absolute atomic E-state index is 0. The van der Waals surface area contributed by atoms with Crippen LogP contribution in [-0.4, -0.2) is 0 Å². The molecule has 0 aliphatic rings. The molecule has 36 valence electrons. The second kappa shape index (κ2) is 8.82. The fourth-order valence-corrected chi connectivity index (χ4v) is 0.0680. The topological polar surface area (TPSA) is 9.23 Å². The molecular weight excluding hydrogens is 99.5 g/mol. The molecule has 0 rings (SSSR count). The normalized spacial score (nSPS) is 4.67. The maximum absolute atomic E-state index is 4.36. The van der Waals surface area contributed by atoms with Crippen LogP contribution >= 0.6 is 12.4 Å². The van der Waals surface area contributed by atoms with Crippen LogP contribution in [0.15, 0.2) is 25.7 Å². The van der Waals surface area contributed by atoms with Crippen LogP contribution in [0.3, 0.4) is 0 Å². The van der Waals surface area contributed by atoms with Gasteiger partial charge in [-0.2, -0.15) is 0 Å². The Bertz CT molecular complexity index is 36.8. The van der Waals surface area contributed by atoms with Crippen molar-refractivity contribution >= 4 is 12.4 Å². The highest BCUT2D eigenvalue weighted by molar-refractivity contribution is 5.85. The van der Waals surface area contributed by atoms with Gasteiger partial charge in [0.25, 0.3) is 0 Å². The monoisotopic (exact) mass is 106 g/mol. The summed E-state index contributed by atoms with van der Waals surface area (Å²) in [5.74, 6) is 0.